The first-order valence-corrected chi connectivity index (χ1v) is 5.95. The topological polar surface area (TPSA) is 26.3 Å². The van der Waals surface area contributed by atoms with E-state index in [2.05, 4.69) is 13.0 Å². The molecule has 0 radical (unpaired) electrons. The zero-order valence-corrected chi connectivity index (χ0v) is 9.95. The Morgan fingerprint density at radius 2 is 2.31 bits per heavy atom. The molecule has 0 amide bonds. The third-order valence-corrected chi connectivity index (χ3v) is 3.32. The number of hydrogen-bond donors (Lipinski definition) is 0. The summed E-state index contributed by atoms with van der Waals surface area (Å²) in [5.41, 5.74) is 2.51. The quantitative estimate of drug-likeness (QED) is 0.776. The molecule has 2 rings (SSSR count). The number of rotatable bonds is 4. The lowest BCUT2D eigenvalue weighted by atomic mass is 9.94. The minimum atomic E-state index is 0.116. The molecule has 0 fully saturated rings. The van der Waals surface area contributed by atoms with Crippen LogP contribution in [0.15, 0.2) is 18.2 Å². The fourth-order valence-electron chi connectivity index (χ4n) is 2.46. The molecule has 1 aromatic rings. The normalized spacial score (nSPS) is 18.2. The molecule has 0 spiro atoms. The zero-order chi connectivity index (χ0) is 11.5. The summed E-state index contributed by atoms with van der Waals surface area (Å²) < 4.78 is 5.22. The molecular formula is C14H18O2. The number of hydrogen-bond acceptors (Lipinski definition) is 2. The number of carbonyl (C=O) groups is 1. The zero-order valence-electron chi connectivity index (χ0n) is 9.95. The van der Waals surface area contributed by atoms with E-state index in [9.17, 15) is 4.79 Å². The minimum absolute atomic E-state index is 0.116. The Balaban J connectivity index is 2.27. The van der Waals surface area contributed by atoms with Gasteiger partial charge in [-0.05, 0) is 42.5 Å². The molecule has 2 nitrogen and oxygen atoms in total. The first-order chi connectivity index (χ1) is 7.76. The smallest absolute Gasteiger partial charge is 0.140 e. The van der Waals surface area contributed by atoms with Crippen molar-refractivity contribution in [3.05, 3.63) is 29.3 Å². The van der Waals surface area contributed by atoms with Crippen molar-refractivity contribution in [2.45, 2.75) is 38.5 Å². The molecule has 0 heterocycles. The number of methoxy groups -OCH3 is 1. The van der Waals surface area contributed by atoms with Crippen LogP contribution >= 0.6 is 0 Å². The Bertz CT molecular complexity index is 396. The van der Waals surface area contributed by atoms with Gasteiger partial charge in [-0.25, -0.2) is 0 Å². The molecule has 0 aromatic heterocycles. The lowest BCUT2D eigenvalue weighted by Crippen LogP contribution is -2.09. The molecule has 16 heavy (non-hydrogen) atoms. The lowest BCUT2D eigenvalue weighted by Gasteiger charge is -2.10. The van der Waals surface area contributed by atoms with E-state index in [1.807, 2.05) is 12.1 Å². The van der Waals surface area contributed by atoms with Crippen molar-refractivity contribution in [2.75, 3.05) is 7.11 Å². The van der Waals surface area contributed by atoms with Crippen molar-refractivity contribution < 1.29 is 9.53 Å². The van der Waals surface area contributed by atoms with Crippen molar-refractivity contribution in [3.63, 3.8) is 0 Å². The first kappa shape index (κ1) is 11.2. The first-order valence-electron chi connectivity index (χ1n) is 5.95. The molecule has 1 aromatic carbocycles. The predicted molar refractivity (Wildman–Crippen MR) is 64.0 cm³/mol. The van der Waals surface area contributed by atoms with Gasteiger partial charge in [0.05, 0.1) is 7.11 Å². The van der Waals surface area contributed by atoms with Gasteiger partial charge in [0.2, 0.25) is 0 Å². The second-order valence-corrected chi connectivity index (χ2v) is 4.37. The Morgan fingerprint density at radius 1 is 1.50 bits per heavy atom. The third kappa shape index (κ3) is 1.97. The number of Topliss-reactive ketones (excluding diaryl/α,β-unsaturated/α-hetero) is 1. The van der Waals surface area contributed by atoms with Crippen LogP contribution in [0.3, 0.4) is 0 Å². The van der Waals surface area contributed by atoms with Crippen LogP contribution in [-0.4, -0.2) is 12.9 Å². The Labute approximate surface area is 96.6 Å². The van der Waals surface area contributed by atoms with Crippen molar-refractivity contribution in [3.8, 4) is 5.75 Å². The van der Waals surface area contributed by atoms with Gasteiger partial charge in [-0.3, -0.25) is 4.79 Å². The second-order valence-electron chi connectivity index (χ2n) is 4.37. The van der Waals surface area contributed by atoms with Crippen LogP contribution in [-0.2, 0) is 11.2 Å². The van der Waals surface area contributed by atoms with Crippen molar-refractivity contribution in [1.29, 1.82) is 0 Å². The Morgan fingerprint density at radius 3 is 3.00 bits per heavy atom. The van der Waals surface area contributed by atoms with Crippen LogP contribution in [0.2, 0.25) is 0 Å². The molecule has 1 unspecified atom stereocenters. The standard InChI is InChI=1S/C14H18O2/c1-3-4-14(15)12-8-6-10-5-7-11(16-2)9-13(10)12/h5,7,9,12H,3-4,6,8H2,1-2H3. The summed E-state index contributed by atoms with van der Waals surface area (Å²) in [7, 11) is 1.67. The molecule has 1 aliphatic carbocycles. The molecule has 86 valence electrons. The number of ketones is 1. The number of carbonyl (C=O) groups excluding carboxylic acids is 1. The molecule has 0 saturated heterocycles. The number of benzene rings is 1. The Kier molecular flexibility index (Phi) is 3.28. The van der Waals surface area contributed by atoms with Gasteiger partial charge in [0.15, 0.2) is 0 Å². The van der Waals surface area contributed by atoms with E-state index in [0.29, 0.717) is 12.2 Å². The number of ether oxygens (including phenoxy) is 1. The van der Waals surface area contributed by atoms with Gasteiger partial charge in [0, 0.05) is 12.3 Å². The van der Waals surface area contributed by atoms with Gasteiger partial charge < -0.3 is 4.74 Å². The van der Waals surface area contributed by atoms with Gasteiger partial charge in [0.25, 0.3) is 0 Å². The molecule has 0 N–H and O–H groups in total. The van der Waals surface area contributed by atoms with Crippen LogP contribution in [0.1, 0.15) is 43.2 Å². The van der Waals surface area contributed by atoms with E-state index in [4.69, 9.17) is 4.74 Å². The summed E-state index contributed by atoms with van der Waals surface area (Å²) in [4.78, 5) is 12.0. The van der Waals surface area contributed by atoms with Gasteiger partial charge in [-0.1, -0.05) is 13.0 Å². The summed E-state index contributed by atoms with van der Waals surface area (Å²) in [6.45, 7) is 2.05. The van der Waals surface area contributed by atoms with Crippen LogP contribution in [0.5, 0.6) is 5.75 Å². The van der Waals surface area contributed by atoms with Crippen molar-refractivity contribution >= 4 is 5.78 Å². The average molecular weight is 218 g/mol. The van der Waals surface area contributed by atoms with Crippen molar-refractivity contribution in [1.82, 2.24) is 0 Å². The minimum Gasteiger partial charge on any atom is -0.497 e. The summed E-state index contributed by atoms with van der Waals surface area (Å²) in [5.74, 6) is 1.36. The summed E-state index contributed by atoms with van der Waals surface area (Å²) >= 11 is 0. The van der Waals surface area contributed by atoms with E-state index in [1.165, 1.54) is 11.1 Å². The van der Waals surface area contributed by atoms with Gasteiger partial charge in [0.1, 0.15) is 11.5 Å². The third-order valence-electron chi connectivity index (χ3n) is 3.32. The van der Waals surface area contributed by atoms with Gasteiger partial charge in [-0.15, -0.1) is 0 Å². The summed E-state index contributed by atoms with van der Waals surface area (Å²) in [6.07, 6.45) is 3.64. The predicted octanol–water partition coefficient (Wildman–Crippen LogP) is 3.09. The maximum Gasteiger partial charge on any atom is 0.140 e. The molecule has 0 saturated carbocycles. The molecule has 2 heteroatoms. The fourth-order valence-corrected chi connectivity index (χ4v) is 2.46. The highest BCUT2D eigenvalue weighted by molar-refractivity contribution is 5.87. The molecule has 1 aliphatic rings. The van der Waals surface area contributed by atoms with E-state index in [-0.39, 0.29) is 5.92 Å². The fraction of sp³-hybridized carbons (Fsp3) is 0.500. The van der Waals surface area contributed by atoms with Crippen LogP contribution < -0.4 is 4.74 Å². The van der Waals surface area contributed by atoms with E-state index in [1.54, 1.807) is 7.11 Å². The lowest BCUT2D eigenvalue weighted by molar-refractivity contribution is -0.120. The maximum absolute atomic E-state index is 12.0. The van der Waals surface area contributed by atoms with Crippen LogP contribution in [0.25, 0.3) is 0 Å². The average Bonchev–Trinajstić information content (AvgIpc) is 2.71. The molecular weight excluding hydrogens is 200 g/mol. The number of aryl methyl sites for hydroxylation is 1. The van der Waals surface area contributed by atoms with Crippen LogP contribution in [0.4, 0.5) is 0 Å². The summed E-state index contributed by atoms with van der Waals surface area (Å²) in [5, 5.41) is 0. The van der Waals surface area contributed by atoms with Gasteiger partial charge in [-0.2, -0.15) is 0 Å². The monoisotopic (exact) mass is 218 g/mol. The van der Waals surface area contributed by atoms with Crippen molar-refractivity contribution in [2.24, 2.45) is 0 Å². The van der Waals surface area contributed by atoms with Crippen LogP contribution in [0, 0.1) is 0 Å². The molecule has 0 aliphatic heterocycles. The van der Waals surface area contributed by atoms with E-state index < -0.39 is 0 Å². The largest absolute Gasteiger partial charge is 0.497 e. The number of fused-ring (bicyclic) bond motifs is 1. The highest BCUT2D eigenvalue weighted by atomic mass is 16.5. The van der Waals surface area contributed by atoms with Gasteiger partial charge >= 0.3 is 0 Å². The Hall–Kier alpha value is -1.31. The SMILES string of the molecule is CCCC(=O)C1CCc2ccc(OC)cc21. The highest BCUT2D eigenvalue weighted by Gasteiger charge is 2.27. The summed E-state index contributed by atoms with van der Waals surface area (Å²) in [6, 6.07) is 6.10. The second kappa shape index (κ2) is 4.69. The maximum atomic E-state index is 12.0. The molecule has 0 bridgehead atoms. The van der Waals surface area contributed by atoms with E-state index >= 15 is 0 Å². The highest BCUT2D eigenvalue weighted by Crippen LogP contribution is 2.36. The van der Waals surface area contributed by atoms with E-state index in [0.717, 1.165) is 25.0 Å². The molecule has 1 atom stereocenters.